The average Bonchev–Trinajstić information content (AvgIpc) is 2.07. The molecule has 0 bridgehead atoms. The molecule has 0 saturated heterocycles. The molecule has 2 heteroatoms. The van der Waals surface area contributed by atoms with Gasteiger partial charge in [0.25, 0.3) is 0 Å². The summed E-state index contributed by atoms with van der Waals surface area (Å²) < 4.78 is 1.62. The van der Waals surface area contributed by atoms with Gasteiger partial charge in [-0.2, -0.15) is 11.8 Å². The van der Waals surface area contributed by atoms with Crippen LogP contribution in [-0.2, 0) is 4.75 Å². The van der Waals surface area contributed by atoms with E-state index in [1.165, 1.54) is 29.3 Å². The maximum atomic E-state index is 3.47. The molecule has 0 N–H and O–H groups in total. The van der Waals surface area contributed by atoms with Crippen molar-refractivity contribution >= 4 is 27.7 Å². The fourth-order valence-electron chi connectivity index (χ4n) is 1.86. The fourth-order valence-corrected chi connectivity index (χ4v) is 3.20. The van der Waals surface area contributed by atoms with Crippen molar-refractivity contribution in [1.82, 2.24) is 0 Å². The molecule has 1 fully saturated rings. The van der Waals surface area contributed by atoms with Gasteiger partial charge in [-0.25, -0.2) is 0 Å². The van der Waals surface area contributed by atoms with E-state index in [-0.39, 0.29) is 0 Å². The molecule has 0 amide bonds. The molecule has 0 unspecified atom stereocenters. The summed E-state index contributed by atoms with van der Waals surface area (Å²) in [5, 5.41) is 0. The SMILES string of the molecule is CSC1(c2ccc(Br)cc2)CCC1. The predicted octanol–water partition coefficient (Wildman–Crippen LogP) is 4.19. The van der Waals surface area contributed by atoms with Crippen molar-refractivity contribution in [3.63, 3.8) is 0 Å². The third kappa shape index (κ3) is 1.66. The van der Waals surface area contributed by atoms with Crippen LogP contribution in [0.2, 0.25) is 0 Å². The van der Waals surface area contributed by atoms with Crippen LogP contribution in [0, 0.1) is 0 Å². The molecule has 0 spiro atoms. The molecule has 0 atom stereocenters. The van der Waals surface area contributed by atoms with Crippen LogP contribution >= 0.6 is 27.7 Å². The highest BCUT2D eigenvalue weighted by Gasteiger charge is 2.37. The first kappa shape index (κ1) is 9.60. The smallest absolute Gasteiger partial charge is 0.0405 e. The summed E-state index contributed by atoms with van der Waals surface area (Å²) in [7, 11) is 0. The van der Waals surface area contributed by atoms with Gasteiger partial charge in [-0.05, 0) is 36.8 Å². The van der Waals surface area contributed by atoms with Crippen molar-refractivity contribution in [2.24, 2.45) is 0 Å². The summed E-state index contributed by atoms with van der Waals surface area (Å²) in [6, 6.07) is 8.79. The first-order valence-corrected chi connectivity index (χ1v) is 6.60. The molecule has 0 heterocycles. The Hall–Kier alpha value is 0.0500. The lowest BCUT2D eigenvalue weighted by Gasteiger charge is -2.41. The standard InChI is InChI=1S/C11H13BrS/c1-13-11(7-2-8-11)9-3-5-10(12)6-4-9/h3-6H,2,7-8H2,1H3. The number of hydrogen-bond donors (Lipinski definition) is 0. The van der Waals surface area contributed by atoms with Gasteiger partial charge in [0.05, 0.1) is 0 Å². The molecule has 1 aromatic rings. The van der Waals surface area contributed by atoms with Crippen LogP contribution in [0.4, 0.5) is 0 Å². The van der Waals surface area contributed by atoms with E-state index >= 15 is 0 Å². The molecule has 0 radical (unpaired) electrons. The molecule has 0 nitrogen and oxygen atoms in total. The zero-order valence-corrected chi connectivity index (χ0v) is 10.1. The van der Waals surface area contributed by atoms with E-state index in [2.05, 4.69) is 46.5 Å². The van der Waals surface area contributed by atoms with Gasteiger partial charge in [0.1, 0.15) is 0 Å². The van der Waals surface area contributed by atoms with Crippen LogP contribution in [0.5, 0.6) is 0 Å². The normalized spacial score (nSPS) is 19.5. The summed E-state index contributed by atoms with van der Waals surface area (Å²) >= 11 is 5.47. The minimum atomic E-state index is 0.445. The van der Waals surface area contributed by atoms with E-state index in [1.54, 1.807) is 0 Å². The second-order valence-electron chi connectivity index (χ2n) is 3.56. The lowest BCUT2D eigenvalue weighted by atomic mass is 9.79. The van der Waals surface area contributed by atoms with Crippen molar-refractivity contribution in [2.45, 2.75) is 24.0 Å². The highest BCUT2D eigenvalue weighted by molar-refractivity contribution is 9.10. The van der Waals surface area contributed by atoms with Gasteiger partial charge in [-0.15, -0.1) is 0 Å². The molecular weight excluding hydrogens is 244 g/mol. The van der Waals surface area contributed by atoms with E-state index in [0.717, 1.165) is 0 Å². The van der Waals surface area contributed by atoms with Gasteiger partial charge >= 0.3 is 0 Å². The lowest BCUT2D eigenvalue weighted by molar-refractivity contribution is 0.374. The highest BCUT2D eigenvalue weighted by atomic mass is 79.9. The highest BCUT2D eigenvalue weighted by Crippen LogP contribution is 2.51. The van der Waals surface area contributed by atoms with E-state index < -0.39 is 0 Å². The fraction of sp³-hybridized carbons (Fsp3) is 0.455. The number of thioether (sulfide) groups is 1. The zero-order chi connectivity index (χ0) is 9.31. The van der Waals surface area contributed by atoms with Crippen LogP contribution < -0.4 is 0 Å². The second-order valence-corrected chi connectivity index (χ2v) is 5.66. The van der Waals surface area contributed by atoms with Gasteiger partial charge in [0, 0.05) is 9.22 Å². The van der Waals surface area contributed by atoms with Crippen molar-refractivity contribution in [1.29, 1.82) is 0 Å². The Morgan fingerprint density at radius 2 is 1.85 bits per heavy atom. The number of halogens is 1. The number of benzene rings is 1. The second kappa shape index (κ2) is 3.66. The average molecular weight is 257 g/mol. The molecule has 1 saturated carbocycles. The number of rotatable bonds is 2. The molecule has 1 aliphatic rings. The van der Waals surface area contributed by atoms with Crippen LogP contribution in [-0.4, -0.2) is 6.26 Å². The summed E-state index contributed by atoms with van der Waals surface area (Å²) in [5.41, 5.74) is 1.49. The largest absolute Gasteiger partial charge is 0.154 e. The minimum Gasteiger partial charge on any atom is -0.154 e. The molecule has 0 aliphatic heterocycles. The Morgan fingerprint density at radius 1 is 1.23 bits per heavy atom. The predicted molar refractivity (Wildman–Crippen MR) is 63.2 cm³/mol. The summed E-state index contributed by atoms with van der Waals surface area (Å²) in [6.45, 7) is 0. The van der Waals surface area contributed by atoms with Gasteiger partial charge in [0.15, 0.2) is 0 Å². The first-order valence-electron chi connectivity index (χ1n) is 4.58. The molecular formula is C11H13BrS. The van der Waals surface area contributed by atoms with Crippen LogP contribution in [0.15, 0.2) is 28.7 Å². The Bertz CT molecular complexity index is 282. The lowest BCUT2D eigenvalue weighted by Crippen LogP contribution is -2.29. The minimum absolute atomic E-state index is 0.445. The molecule has 1 aliphatic carbocycles. The van der Waals surface area contributed by atoms with Crippen molar-refractivity contribution < 1.29 is 0 Å². The van der Waals surface area contributed by atoms with Crippen molar-refractivity contribution in [3.8, 4) is 0 Å². The number of hydrogen-bond acceptors (Lipinski definition) is 1. The third-order valence-corrected chi connectivity index (χ3v) is 4.88. The van der Waals surface area contributed by atoms with Gasteiger partial charge in [-0.3, -0.25) is 0 Å². The zero-order valence-electron chi connectivity index (χ0n) is 7.72. The Balaban J connectivity index is 2.28. The maximum absolute atomic E-state index is 3.47. The Labute approximate surface area is 92.2 Å². The monoisotopic (exact) mass is 256 g/mol. The topological polar surface area (TPSA) is 0 Å². The quantitative estimate of drug-likeness (QED) is 0.765. The van der Waals surface area contributed by atoms with E-state index in [1.807, 2.05) is 11.8 Å². The van der Waals surface area contributed by atoms with E-state index in [9.17, 15) is 0 Å². The van der Waals surface area contributed by atoms with Crippen LogP contribution in [0.25, 0.3) is 0 Å². The molecule has 70 valence electrons. The molecule has 2 rings (SSSR count). The molecule has 0 aromatic heterocycles. The van der Waals surface area contributed by atoms with Gasteiger partial charge in [0.2, 0.25) is 0 Å². The first-order chi connectivity index (χ1) is 6.27. The van der Waals surface area contributed by atoms with Crippen molar-refractivity contribution in [3.05, 3.63) is 34.3 Å². The Kier molecular flexibility index (Phi) is 2.70. The van der Waals surface area contributed by atoms with E-state index in [0.29, 0.717) is 4.75 Å². The Morgan fingerprint density at radius 3 is 2.23 bits per heavy atom. The summed E-state index contributed by atoms with van der Waals surface area (Å²) in [6.07, 6.45) is 6.30. The van der Waals surface area contributed by atoms with E-state index in [4.69, 9.17) is 0 Å². The van der Waals surface area contributed by atoms with Crippen LogP contribution in [0.3, 0.4) is 0 Å². The van der Waals surface area contributed by atoms with Gasteiger partial charge in [-0.1, -0.05) is 34.5 Å². The van der Waals surface area contributed by atoms with Gasteiger partial charge < -0.3 is 0 Å². The molecule has 13 heavy (non-hydrogen) atoms. The van der Waals surface area contributed by atoms with Crippen LogP contribution in [0.1, 0.15) is 24.8 Å². The third-order valence-electron chi connectivity index (χ3n) is 2.92. The molecule has 1 aromatic carbocycles. The summed E-state index contributed by atoms with van der Waals surface area (Å²) in [4.78, 5) is 0. The maximum Gasteiger partial charge on any atom is 0.0405 e. The summed E-state index contributed by atoms with van der Waals surface area (Å²) in [5.74, 6) is 0. The van der Waals surface area contributed by atoms with Crippen molar-refractivity contribution in [2.75, 3.05) is 6.26 Å².